The molecule has 5 nitrogen and oxygen atoms in total. The summed E-state index contributed by atoms with van der Waals surface area (Å²) in [6.45, 7) is 0.677. The van der Waals surface area contributed by atoms with E-state index in [0.717, 1.165) is 41.3 Å². The zero-order chi connectivity index (χ0) is 20.3. The molecule has 0 fully saturated rings. The highest BCUT2D eigenvalue weighted by atomic mass is 32.2. The molecule has 3 aromatic heterocycles. The van der Waals surface area contributed by atoms with Gasteiger partial charge >= 0.3 is 0 Å². The first-order valence-electron chi connectivity index (χ1n) is 10.5. The van der Waals surface area contributed by atoms with Gasteiger partial charge in [0.15, 0.2) is 5.16 Å². The van der Waals surface area contributed by atoms with Gasteiger partial charge in [0, 0.05) is 24.7 Å². The maximum Gasteiger partial charge on any atom is 0.262 e. The Hall–Kier alpha value is -2.86. The molecule has 4 aromatic rings. The summed E-state index contributed by atoms with van der Waals surface area (Å²) in [7, 11) is 0. The monoisotopic (exact) mass is 416 g/mol. The van der Waals surface area contributed by atoms with Crippen LogP contribution in [0.1, 0.15) is 37.8 Å². The summed E-state index contributed by atoms with van der Waals surface area (Å²) >= 11 is 1.59. The van der Waals surface area contributed by atoms with Crippen LogP contribution in [0, 0.1) is 0 Å². The van der Waals surface area contributed by atoms with Crippen molar-refractivity contribution in [3.05, 3.63) is 82.6 Å². The van der Waals surface area contributed by atoms with Crippen molar-refractivity contribution in [3.63, 3.8) is 0 Å². The molecular weight excluding hydrogens is 392 g/mol. The second-order valence-electron chi connectivity index (χ2n) is 7.71. The summed E-state index contributed by atoms with van der Waals surface area (Å²) in [6, 6.07) is 13.6. The van der Waals surface area contributed by atoms with Gasteiger partial charge in [-0.15, -0.1) is 0 Å². The molecule has 0 spiro atoms. The summed E-state index contributed by atoms with van der Waals surface area (Å²) in [5, 5.41) is 1.46. The highest BCUT2D eigenvalue weighted by Crippen LogP contribution is 2.25. The van der Waals surface area contributed by atoms with Crippen LogP contribution in [-0.2, 0) is 12.3 Å². The molecule has 1 aromatic carbocycles. The SMILES string of the molecule is O=c1c2ccccc2nc(SCc2cn3ccccc3n2)n1CCC1=CCCCC1. The molecule has 1 aliphatic rings. The van der Waals surface area contributed by atoms with Crippen LogP contribution in [0.15, 0.2) is 76.5 Å². The Kier molecular flexibility index (Phi) is 5.41. The maximum atomic E-state index is 13.2. The Morgan fingerprint density at radius 2 is 1.93 bits per heavy atom. The van der Waals surface area contributed by atoms with Crippen LogP contribution in [0.25, 0.3) is 16.6 Å². The van der Waals surface area contributed by atoms with E-state index in [1.54, 1.807) is 11.8 Å². The topological polar surface area (TPSA) is 52.2 Å². The molecular formula is C24H24N4OS. The first-order chi connectivity index (χ1) is 14.8. The molecule has 0 aliphatic heterocycles. The highest BCUT2D eigenvalue weighted by molar-refractivity contribution is 7.98. The van der Waals surface area contributed by atoms with Gasteiger partial charge in [0.1, 0.15) is 5.65 Å². The number of pyridine rings is 1. The van der Waals surface area contributed by atoms with Gasteiger partial charge in [-0.25, -0.2) is 9.97 Å². The lowest BCUT2D eigenvalue weighted by Gasteiger charge is -2.16. The van der Waals surface area contributed by atoms with Crippen molar-refractivity contribution in [2.75, 3.05) is 0 Å². The van der Waals surface area contributed by atoms with Gasteiger partial charge in [0.2, 0.25) is 0 Å². The molecule has 0 radical (unpaired) electrons. The number of thioether (sulfide) groups is 1. The van der Waals surface area contributed by atoms with Crippen molar-refractivity contribution in [1.29, 1.82) is 0 Å². The smallest absolute Gasteiger partial charge is 0.262 e. The fraction of sp³-hybridized carbons (Fsp3) is 0.292. The molecule has 0 saturated heterocycles. The third-order valence-corrected chi connectivity index (χ3v) is 6.64. The van der Waals surface area contributed by atoms with Gasteiger partial charge in [-0.2, -0.15) is 0 Å². The number of aromatic nitrogens is 4. The minimum absolute atomic E-state index is 0.0505. The standard InChI is InChI=1S/C24H24N4OS/c29-23-20-10-4-5-11-21(20)26-24(28(23)15-13-18-8-2-1-3-9-18)30-17-19-16-27-14-7-6-12-22(27)25-19/h4-8,10-12,14,16H,1-3,9,13,15,17H2. The highest BCUT2D eigenvalue weighted by Gasteiger charge is 2.14. The quantitative estimate of drug-likeness (QED) is 0.245. The lowest BCUT2D eigenvalue weighted by molar-refractivity contribution is 0.569. The van der Waals surface area contributed by atoms with E-state index in [-0.39, 0.29) is 5.56 Å². The second kappa shape index (κ2) is 8.48. The van der Waals surface area contributed by atoms with E-state index in [2.05, 4.69) is 11.1 Å². The normalized spacial score (nSPS) is 14.3. The zero-order valence-corrected chi connectivity index (χ0v) is 17.6. The molecule has 152 valence electrons. The first-order valence-corrected chi connectivity index (χ1v) is 11.5. The molecule has 3 heterocycles. The van der Waals surface area contributed by atoms with Crippen LogP contribution in [0.3, 0.4) is 0 Å². The molecule has 1 aliphatic carbocycles. The molecule has 6 heteroatoms. The van der Waals surface area contributed by atoms with Gasteiger partial charge < -0.3 is 4.40 Å². The fourth-order valence-electron chi connectivity index (χ4n) is 4.04. The first kappa shape index (κ1) is 19.1. The Balaban J connectivity index is 1.45. The van der Waals surface area contributed by atoms with Crippen LogP contribution in [-0.4, -0.2) is 18.9 Å². The van der Waals surface area contributed by atoms with Crippen molar-refractivity contribution in [2.45, 2.75) is 49.6 Å². The Morgan fingerprint density at radius 1 is 1.03 bits per heavy atom. The van der Waals surface area contributed by atoms with Crippen LogP contribution in [0.5, 0.6) is 0 Å². The molecule has 0 bridgehead atoms. The molecule has 0 N–H and O–H groups in total. The van der Waals surface area contributed by atoms with Crippen LogP contribution in [0.4, 0.5) is 0 Å². The minimum Gasteiger partial charge on any atom is -0.307 e. The molecule has 0 amide bonds. The van der Waals surface area contributed by atoms with Gasteiger partial charge in [-0.1, -0.05) is 41.6 Å². The van der Waals surface area contributed by atoms with E-state index in [9.17, 15) is 4.79 Å². The van der Waals surface area contributed by atoms with Gasteiger partial charge in [0.05, 0.1) is 16.6 Å². The fourth-order valence-corrected chi connectivity index (χ4v) is 4.95. The summed E-state index contributed by atoms with van der Waals surface area (Å²) < 4.78 is 3.88. The van der Waals surface area contributed by atoms with Crippen molar-refractivity contribution in [3.8, 4) is 0 Å². The van der Waals surface area contributed by atoms with Crippen LogP contribution < -0.4 is 5.56 Å². The average molecular weight is 417 g/mol. The third-order valence-electron chi connectivity index (χ3n) is 5.63. The number of benzene rings is 1. The van der Waals surface area contributed by atoms with Crippen LogP contribution in [0.2, 0.25) is 0 Å². The van der Waals surface area contributed by atoms with E-state index >= 15 is 0 Å². The van der Waals surface area contributed by atoms with E-state index < -0.39 is 0 Å². The Morgan fingerprint density at radius 3 is 2.80 bits per heavy atom. The lowest BCUT2D eigenvalue weighted by atomic mass is 9.97. The van der Waals surface area contributed by atoms with Gasteiger partial charge in [0.25, 0.3) is 5.56 Å². The van der Waals surface area contributed by atoms with E-state index in [0.29, 0.717) is 17.7 Å². The van der Waals surface area contributed by atoms with Gasteiger partial charge in [-0.3, -0.25) is 9.36 Å². The second-order valence-corrected chi connectivity index (χ2v) is 8.66. The summed E-state index contributed by atoms with van der Waals surface area (Å²) in [4.78, 5) is 22.8. The predicted octanol–water partition coefficient (Wildman–Crippen LogP) is 5.23. The van der Waals surface area contributed by atoms with E-state index in [4.69, 9.17) is 4.98 Å². The number of imidazole rings is 1. The van der Waals surface area contributed by atoms with Crippen LogP contribution >= 0.6 is 11.8 Å². The number of rotatable bonds is 6. The molecule has 0 unspecified atom stereocenters. The van der Waals surface area contributed by atoms with Crippen molar-refractivity contribution in [2.24, 2.45) is 0 Å². The van der Waals surface area contributed by atoms with E-state index in [1.165, 1.54) is 18.4 Å². The average Bonchev–Trinajstić information content (AvgIpc) is 3.21. The largest absolute Gasteiger partial charge is 0.307 e. The van der Waals surface area contributed by atoms with Crippen molar-refractivity contribution < 1.29 is 0 Å². The summed E-state index contributed by atoms with van der Waals surface area (Å²) in [6.07, 6.45) is 12.2. The summed E-state index contributed by atoms with van der Waals surface area (Å²) in [5.74, 6) is 0.676. The molecule has 0 atom stereocenters. The minimum atomic E-state index is 0.0505. The Bertz CT molecular complexity index is 1250. The number of fused-ring (bicyclic) bond motifs is 2. The molecule has 0 saturated carbocycles. The predicted molar refractivity (Wildman–Crippen MR) is 122 cm³/mol. The zero-order valence-electron chi connectivity index (χ0n) is 16.8. The summed E-state index contributed by atoms with van der Waals surface area (Å²) in [5.41, 5.74) is 4.19. The van der Waals surface area contributed by atoms with E-state index in [1.807, 2.05) is 63.8 Å². The third kappa shape index (κ3) is 3.92. The molecule has 30 heavy (non-hydrogen) atoms. The number of nitrogens with zero attached hydrogens (tertiary/aromatic N) is 4. The molecule has 5 rings (SSSR count). The number of hydrogen-bond donors (Lipinski definition) is 0. The number of para-hydroxylation sites is 1. The number of allylic oxidation sites excluding steroid dienone is 2. The van der Waals surface area contributed by atoms with Gasteiger partial charge in [-0.05, 0) is 56.4 Å². The van der Waals surface area contributed by atoms with Crippen molar-refractivity contribution in [1.82, 2.24) is 18.9 Å². The van der Waals surface area contributed by atoms with Crippen molar-refractivity contribution >= 4 is 28.3 Å². The number of hydrogen-bond acceptors (Lipinski definition) is 4. The lowest BCUT2D eigenvalue weighted by Crippen LogP contribution is -2.24. The Labute approximate surface area is 179 Å². The maximum absolute atomic E-state index is 13.2.